The van der Waals surface area contributed by atoms with Gasteiger partial charge in [-0.2, -0.15) is 16.3 Å². The summed E-state index contributed by atoms with van der Waals surface area (Å²) >= 11 is 1.70. The summed E-state index contributed by atoms with van der Waals surface area (Å²) in [6, 6.07) is 2.11. The van der Waals surface area contributed by atoms with Gasteiger partial charge in [-0.3, -0.25) is 0 Å². The minimum atomic E-state index is 0.0480. The summed E-state index contributed by atoms with van der Waals surface area (Å²) in [7, 11) is 2.16. The van der Waals surface area contributed by atoms with Crippen LogP contribution in [-0.2, 0) is 11.8 Å². The Morgan fingerprint density at radius 1 is 1.42 bits per heavy atom. The molecule has 1 fully saturated rings. The lowest BCUT2D eigenvalue weighted by Crippen LogP contribution is -2.39. The SMILES string of the molecule is CN1CCC(C)(c2nc(Cc3ccsc3)no2)CC1. The molecule has 5 heteroatoms. The molecule has 0 N–H and O–H groups in total. The third-order valence-corrected chi connectivity index (χ3v) is 4.75. The summed E-state index contributed by atoms with van der Waals surface area (Å²) in [4.78, 5) is 6.97. The zero-order valence-electron chi connectivity index (χ0n) is 11.4. The first-order valence-electron chi connectivity index (χ1n) is 6.68. The molecule has 1 aliphatic heterocycles. The molecule has 2 aromatic rings. The normalized spacial score (nSPS) is 19.7. The molecule has 0 aromatic carbocycles. The molecule has 2 aromatic heterocycles. The lowest BCUT2D eigenvalue weighted by atomic mass is 9.80. The van der Waals surface area contributed by atoms with Crippen LogP contribution in [0, 0.1) is 0 Å². The van der Waals surface area contributed by atoms with E-state index >= 15 is 0 Å². The highest BCUT2D eigenvalue weighted by Gasteiger charge is 2.35. The highest BCUT2D eigenvalue weighted by molar-refractivity contribution is 7.07. The van der Waals surface area contributed by atoms with Crippen LogP contribution in [0.5, 0.6) is 0 Å². The summed E-state index contributed by atoms with van der Waals surface area (Å²) in [5, 5.41) is 8.35. The molecular formula is C14H19N3OS. The van der Waals surface area contributed by atoms with Gasteiger partial charge in [0.2, 0.25) is 5.89 Å². The number of likely N-dealkylation sites (tertiary alicyclic amines) is 1. The fourth-order valence-electron chi connectivity index (χ4n) is 2.47. The van der Waals surface area contributed by atoms with Gasteiger partial charge in [0, 0.05) is 11.8 Å². The zero-order valence-corrected chi connectivity index (χ0v) is 12.2. The zero-order chi connectivity index (χ0) is 13.3. The van der Waals surface area contributed by atoms with E-state index in [9.17, 15) is 0 Å². The first-order chi connectivity index (χ1) is 9.16. The summed E-state index contributed by atoms with van der Waals surface area (Å²) in [5.41, 5.74) is 1.30. The van der Waals surface area contributed by atoms with E-state index in [1.54, 1.807) is 11.3 Å². The van der Waals surface area contributed by atoms with E-state index in [1.807, 2.05) is 0 Å². The molecule has 102 valence electrons. The predicted molar refractivity (Wildman–Crippen MR) is 75.5 cm³/mol. The van der Waals surface area contributed by atoms with Gasteiger partial charge in [-0.1, -0.05) is 12.1 Å². The molecule has 0 unspecified atom stereocenters. The average Bonchev–Trinajstić information content (AvgIpc) is 3.05. The van der Waals surface area contributed by atoms with Crippen molar-refractivity contribution in [3.63, 3.8) is 0 Å². The fourth-order valence-corrected chi connectivity index (χ4v) is 3.14. The fraction of sp³-hybridized carbons (Fsp3) is 0.571. The Balaban J connectivity index is 1.74. The highest BCUT2D eigenvalue weighted by atomic mass is 32.1. The molecule has 0 bridgehead atoms. The molecule has 3 rings (SSSR count). The van der Waals surface area contributed by atoms with Crippen molar-refractivity contribution >= 4 is 11.3 Å². The molecule has 0 amide bonds. The first-order valence-corrected chi connectivity index (χ1v) is 7.63. The molecule has 1 aliphatic rings. The summed E-state index contributed by atoms with van der Waals surface area (Å²) < 4.78 is 5.51. The van der Waals surface area contributed by atoms with Crippen molar-refractivity contribution in [2.75, 3.05) is 20.1 Å². The number of aromatic nitrogens is 2. The molecule has 0 aliphatic carbocycles. The van der Waals surface area contributed by atoms with Crippen molar-refractivity contribution in [2.24, 2.45) is 0 Å². The van der Waals surface area contributed by atoms with E-state index in [-0.39, 0.29) is 5.41 Å². The summed E-state index contributed by atoms with van der Waals surface area (Å²) in [6.45, 7) is 4.43. The van der Waals surface area contributed by atoms with Crippen molar-refractivity contribution in [1.29, 1.82) is 0 Å². The minimum absolute atomic E-state index is 0.0480. The van der Waals surface area contributed by atoms with Crippen LogP contribution in [0.2, 0.25) is 0 Å². The molecule has 1 saturated heterocycles. The van der Waals surface area contributed by atoms with Gasteiger partial charge >= 0.3 is 0 Å². The summed E-state index contributed by atoms with van der Waals surface area (Å²) in [5.74, 6) is 1.61. The van der Waals surface area contributed by atoms with Crippen LogP contribution in [0.4, 0.5) is 0 Å². The maximum Gasteiger partial charge on any atom is 0.232 e. The van der Waals surface area contributed by atoms with Crippen molar-refractivity contribution in [3.8, 4) is 0 Å². The molecule has 0 radical (unpaired) electrons. The third-order valence-electron chi connectivity index (χ3n) is 4.02. The van der Waals surface area contributed by atoms with Crippen LogP contribution < -0.4 is 0 Å². The molecule has 0 atom stereocenters. The second kappa shape index (κ2) is 5.06. The number of hydrogen-bond acceptors (Lipinski definition) is 5. The van der Waals surface area contributed by atoms with Crippen LogP contribution in [0.15, 0.2) is 21.3 Å². The van der Waals surface area contributed by atoms with Crippen LogP contribution in [-0.4, -0.2) is 35.2 Å². The van der Waals surface area contributed by atoms with Gasteiger partial charge in [0.1, 0.15) is 0 Å². The largest absolute Gasteiger partial charge is 0.339 e. The molecular weight excluding hydrogens is 258 g/mol. The number of nitrogens with zero attached hydrogens (tertiary/aromatic N) is 3. The standard InChI is InChI=1S/C14H19N3OS/c1-14(4-6-17(2)7-5-14)13-15-12(16-18-13)9-11-3-8-19-10-11/h3,8,10H,4-7,9H2,1-2H3. The Kier molecular flexibility index (Phi) is 3.41. The van der Waals surface area contributed by atoms with Gasteiger partial charge in [0.25, 0.3) is 0 Å². The second-order valence-corrected chi connectivity index (χ2v) is 6.47. The Labute approximate surface area is 117 Å². The molecule has 19 heavy (non-hydrogen) atoms. The molecule has 4 nitrogen and oxygen atoms in total. The first kappa shape index (κ1) is 12.8. The Morgan fingerprint density at radius 2 is 2.21 bits per heavy atom. The molecule has 0 spiro atoms. The van der Waals surface area contributed by atoms with Gasteiger partial charge in [-0.15, -0.1) is 0 Å². The Hall–Kier alpha value is -1.20. The van der Waals surface area contributed by atoms with Crippen molar-refractivity contribution in [3.05, 3.63) is 34.1 Å². The third kappa shape index (κ3) is 2.72. The Bertz CT molecular complexity index is 527. The topological polar surface area (TPSA) is 42.2 Å². The lowest BCUT2D eigenvalue weighted by Gasteiger charge is -2.34. The second-order valence-electron chi connectivity index (χ2n) is 5.69. The highest BCUT2D eigenvalue weighted by Crippen LogP contribution is 2.33. The van der Waals surface area contributed by atoms with Gasteiger partial charge in [0.15, 0.2) is 5.82 Å². The molecule has 0 saturated carbocycles. The average molecular weight is 277 g/mol. The monoisotopic (exact) mass is 277 g/mol. The van der Waals surface area contributed by atoms with Crippen LogP contribution in [0.25, 0.3) is 0 Å². The number of piperidine rings is 1. The van der Waals surface area contributed by atoms with Crippen molar-refractivity contribution in [2.45, 2.75) is 31.6 Å². The lowest BCUT2D eigenvalue weighted by molar-refractivity contribution is 0.165. The Morgan fingerprint density at radius 3 is 2.89 bits per heavy atom. The van der Waals surface area contributed by atoms with Gasteiger partial charge in [-0.05, 0) is 55.4 Å². The maximum absolute atomic E-state index is 5.51. The molecule has 3 heterocycles. The number of rotatable bonds is 3. The van der Waals surface area contributed by atoms with Crippen LogP contribution >= 0.6 is 11.3 Å². The maximum atomic E-state index is 5.51. The van der Waals surface area contributed by atoms with Crippen molar-refractivity contribution < 1.29 is 4.52 Å². The predicted octanol–water partition coefficient (Wildman–Crippen LogP) is 2.71. The van der Waals surface area contributed by atoms with Crippen molar-refractivity contribution in [1.82, 2.24) is 15.0 Å². The van der Waals surface area contributed by atoms with E-state index < -0.39 is 0 Å². The van der Waals surface area contributed by atoms with E-state index in [0.717, 1.165) is 44.1 Å². The van der Waals surface area contributed by atoms with Gasteiger partial charge in [-0.25, -0.2) is 0 Å². The van der Waals surface area contributed by atoms with Gasteiger partial charge < -0.3 is 9.42 Å². The van der Waals surface area contributed by atoms with E-state index in [0.29, 0.717) is 0 Å². The smallest absolute Gasteiger partial charge is 0.232 e. The van der Waals surface area contributed by atoms with Gasteiger partial charge in [0.05, 0.1) is 0 Å². The quantitative estimate of drug-likeness (QED) is 0.865. The van der Waals surface area contributed by atoms with E-state index in [1.165, 1.54) is 5.56 Å². The summed E-state index contributed by atoms with van der Waals surface area (Å²) in [6.07, 6.45) is 2.94. The number of thiophene rings is 1. The van der Waals surface area contributed by atoms with E-state index in [2.05, 4.69) is 45.8 Å². The van der Waals surface area contributed by atoms with E-state index in [4.69, 9.17) is 4.52 Å². The minimum Gasteiger partial charge on any atom is -0.339 e. The number of hydrogen-bond donors (Lipinski definition) is 0. The van der Waals surface area contributed by atoms with Crippen LogP contribution in [0.1, 0.15) is 37.0 Å². The van der Waals surface area contributed by atoms with Crippen LogP contribution in [0.3, 0.4) is 0 Å².